The van der Waals surface area contributed by atoms with Gasteiger partial charge in [-0.3, -0.25) is 4.79 Å². The molecule has 1 aliphatic heterocycles. The van der Waals surface area contributed by atoms with Crippen LogP contribution in [0, 0.1) is 0 Å². The molecule has 6 nitrogen and oxygen atoms in total. The van der Waals surface area contributed by atoms with Crippen LogP contribution in [0.25, 0.3) is 0 Å². The van der Waals surface area contributed by atoms with Gasteiger partial charge in [0.05, 0.1) is 26.4 Å². The first-order valence-electron chi connectivity index (χ1n) is 7.52. The molecule has 1 atom stereocenters. The smallest absolute Gasteiger partial charge is 0.336 e. The summed E-state index contributed by atoms with van der Waals surface area (Å²) in [6.45, 7) is 3.71. The fourth-order valence-electron chi connectivity index (χ4n) is 2.78. The van der Waals surface area contributed by atoms with Crippen molar-refractivity contribution in [1.82, 2.24) is 5.32 Å². The maximum Gasteiger partial charge on any atom is 0.336 e. The van der Waals surface area contributed by atoms with Gasteiger partial charge in [-0.05, 0) is 31.5 Å². The van der Waals surface area contributed by atoms with Gasteiger partial charge < -0.3 is 19.5 Å². The molecule has 0 bridgehead atoms. The van der Waals surface area contributed by atoms with Crippen LogP contribution in [0.4, 0.5) is 0 Å². The molecule has 1 heterocycles. The molecule has 0 fully saturated rings. The molecule has 24 heavy (non-hydrogen) atoms. The lowest BCUT2D eigenvalue weighted by atomic mass is 9.84. The summed E-state index contributed by atoms with van der Waals surface area (Å²) >= 11 is 3.50. The van der Waals surface area contributed by atoms with E-state index in [1.807, 2.05) is 0 Å². The van der Waals surface area contributed by atoms with Crippen LogP contribution < -0.4 is 14.8 Å². The standard InChI is InChI=1S/C17H20BrNO5/c1-5-24-17(21)16-9(2)19-15(20)7-11(16)10-6-13(22-3)14(23-4)8-12(10)18/h6,8,11H,5,7H2,1-4H3,(H,19,20)/t11-/m1/s1. The van der Waals surface area contributed by atoms with Gasteiger partial charge in [0.25, 0.3) is 0 Å². The number of carbonyl (C=O) groups excluding carboxylic acids is 2. The Morgan fingerprint density at radius 3 is 2.50 bits per heavy atom. The number of esters is 1. The first-order valence-corrected chi connectivity index (χ1v) is 8.31. The van der Waals surface area contributed by atoms with Gasteiger partial charge in [-0.2, -0.15) is 0 Å². The predicted molar refractivity (Wildman–Crippen MR) is 92.1 cm³/mol. The summed E-state index contributed by atoms with van der Waals surface area (Å²) in [5.74, 6) is 0.0928. The van der Waals surface area contributed by atoms with Crippen LogP contribution in [0.15, 0.2) is 27.9 Å². The van der Waals surface area contributed by atoms with Gasteiger partial charge in [-0.15, -0.1) is 0 Å². The average Bonchev–Trinajstić information content (AvgIpc) is 2.53. The number of benzene rings is 1. The van der Waals surface area contributed by atoms with Crippen molar-refractivity contribution in [3.8, 4) is 11.5 Å². The molecule has 0 aliphatic carbocycles. The molecule has 0 saturated carbocycles. The summed E-state index contributed by atoms with van der Waals surface area (Å²) < 4.78 is 16.5. The molecule has 0 saturated heterocycles. The minimum atomic E-state index is -0.429. The van der Waals surface area contributed by atoms with E-state index in [-0.39, 0.29) is 18.9 Å². The number of carbonyl (C=O) groups is 2. The Morgan fingerprint density at radius 2 is 1.92 bits per heavy atom. The number of amides is 1. The van der Waals surface area contributed by atoms with E-state index in [0.29, 0.717) is 22.8 Å². The highest BCUT2D eigenvalue weighted by Crippen LogP contribution is 2.42. The molecule has 7 heteroatoms. The second-order valence-corrected chi connectivity index (χ2v) is 6.15. The Labute approximate surface area is 149 Å². The van der Waals surface area contributed by atoms with Gasteiger partial charge in [0.1, 0.15) is 0 Å². The molecule has 130 valence electrons. The fourth-order valence-corrected chi connectivity index (χ4v) is 3.38. The van der Waals surface area contributed by atoms with Crippen LogP contribution in [-0.4, -0.2) is 32.7 Å². The normalized spacial score (nSPS) is 17.4. The Bertz CT molecular complexity index is 698. The molecular formula is C17H20BrNO5. The maximum absolute atomic E-state index is 12.4. The van der Waals surface area contributed by atoms with E-state index in [4.69, 9.17) is 14.2 Å². The van der Waals surface area contributed by atoms with Crippen molar-refractivity contribution >= 4 is 27.8 Å². The third-order valence-corrected chi connectivity index (χ3v) is 4.53. The van der Waals surface area contributed by atoms with Gasteiger partial charge in [0, 0.05) is 22.5 Å². The third-order valence-electron chi connectivity index (χ3n) is 3.84. The predicted octanol–water partition coefficient (Wildman–Crippen LogP) is 2.91. The minimum absolute atomic E-state index is 0.146. The highest BCUT2D eigenvalue weighted by molar-refractivity contribution is 9.10. The van der Waals surface area contributed by atoms with Crippen LogP contribution >= 0.6 is 15.9 Å². The zero-order valence-electron chi connectivity index (χ0n) is 14.1. The highest BCUT2D eigenvalue weighted by Gasteiger charge is 2.34. The topological polar surface area (TPSA) is 73.9 Å². The van der Waals surface area contributed by atoms with E-state index in [1.165, 1.54) is 7.11 Å². The first kappa shape index (κ1) is 18.3. The second kappa shape index (κ2) is 7.70. The zero-order valence-corrected chi connectivity index (χ0v) is 15.7. The number of hydrogen-bond acceptors (Lipinski definition) is 5. The lowest BCUT2D eigenvalue weighted by molar-refractivity contribution is -0.139. The minimum Gasteiger partial charge on any atom is -0.493 e. The van der Waals surface area contributed by atoms with Crippen LogP contribution in [0.2, 0.25) is 0 Å². The van der Waals surface area contributed by atoms with Crippen LogP contribution in [0.1, 0.15) is 31.7 Å². The Kier molecular flexibility index (Phi) is 5.88. The molecule has 0 aromatic heterocycles. The number of nitrogens with one attached hydrogen (secondary N) is 1. The zero-order chi connectivity index (χ0) is 17.9. The highest BCUT2D eigenvalue weighted by atomic mass is 79.9. The van der Waals surface area contributed by atoms with Crippen LogP contribution in [0.3, 0.4) is 0 Å². The average molecular weight is 398 g/mol. The van der Waals surface area contributed by atoms with Gasteiger partial charge >= 0.3 is 5.97 Å². The van der Waals surface area contributed by atoms with Crippen LogP contribution in [-0.2, 0) is 14.3 Å². The number of halogens is 1. The fraction of sp³-hybridized carbons (Fsp3) is 0.412. The van der Waals surface area contributed by atoms with Crippen molar-refractivity contribution < 1.29 is 23.8 Å². The van der Waals surface area contributed by atoms with E-state index in [1.54, 1.807) is 33.1 Å². The van der Waals surface area contributed by atoms with E-state index < -0.39 is 11.9 Å². The summed E-state index contributed by atoms with van der Waals surface area (Å²) in [4.78, 5) is 24.4. The molecule has 2 rings (SSSR count). The van der Waals surface area contributed by atoms with E-state index in [0.717, 1.165) is 10.0 Å². The van der Waals surface area contributed by atoms with Gasteiger partial charge in [0.15, 0.2) is 11.5 Å². The molecule has 1 aromatic rings. The van der Waals surface area contributed by atoms with Gasteiger partial charge in [0.2, 0.25) is 5.91 Å². The SMILES string of the molecule is CCOC(=O)C1=C(C)NC(=O)C[C@@H]1c1cc(OC)c(OC)cc1Br. The van der Waals surface area contributed by atoms with Gasteiger partial charge in [-0.1, -0.05) is 15.9 Å². The quantitative estimate of drug-likeness (QED) is 0.773. The number of methoxy groups -OCH3 is 2. The van der Waals surface area contributed by atoms with Gasteiger partial charge in [-0.25, -0.2) is 4.79 Å². The summed E-state index contributed by atoms with van der Waals surface area (Å²) in [6, 6.07) is 3.54. The lowest BCUT2D eigenvalue weighted by Gasteiger charge is -2.27. The lowest BCUT2D eigenvalue weighted by Crippen LogP contribution is -2.34. The van der Waals surface area contributed by atoms with E-state index in [9.17, 15) is 9.59 Å². The third kappa shape index (κ3) is 3.56. The van der Waals surface area contributed by atoms with E-state index in [2.05, 4.69) is 21.2 Å². The van der Waals surface area contributed by atoms with Crippen molar-refractivity contribution in [2.75, 3.05) is 20.8 Å². The molecule has 1 aromatic carbocycles. The Morgan fingerprint density at radius 1 is 1.29 bits per heavy atom. The molecule has 1 aliphatic rings. The van der Waals surface area contributed by atoms with Crippen molar-refractivity contribution in [1.29, 1.82) is 0 Å². The largest absolute Gasteiger partial charge is 0.493 e. The monoisotopic (exact) mass is 397 g/mol. The summed E-state index contributed by atoms with van der Waals surface area (Å²) in [5.41, 5.74) is 1.73. The second-order valence-electron chi connectivity index (χ2n) is 5.29. The summed E-state index contributed by atoms with van der Waals surface area (Å²) in [7, 11) is 3.09. The molecule has 0 spiro atoms. The number of hydrogen-bond donors (Lipinski definition) is 1. The summed E-state index contributed by atoms with van der Waals surface area (Å²) in [6.07, 6.45) is 0.152. The first-order chi connectivity index (χ1) is 11.4. The number of allylic oxidation sites excluding steroid dienone is 1. The van der Waals surface area contributed by atoms with Crippen molar-refractivity contribution in [3.05, 3.63) is 33.4 Å². The van der Waals surface area contributed by atoms with E-state index >= 15 is 0 Å². The Hall–Kier alpha value is -2.02. The number of ether oxygens (including phenoxy) is 3. The molecule has 1 amide bonds. The maximum atomic E-state index is 12.4. The molecule has 0 unspecified atom stereocenters. The molecular weight excluding hydrogens is 378 g/mol. The van der Waals surface area contributed by atoms with Crippen LogP contribution in [0.5, 0.6) is 11.5 Å². The number of rotatable bonds is 5. The molecule has 0 radical (unpaired) electrons. The Balaban J connectivity index is 2.57. The van der Waals surface area contributed by atoms with Crippen molar-refractivity contribution in [3.63, 3.8) is 0 Å². The summed E-state index contributed by atoms with van der Waals surface area (Å²) in [5, 5.41) is 2.71. The van der Waals surface area contributed by atoms with Crippen molar-refractivity contribution in [2.45, 2.75) is 26.2 Å². The van der Waals surface area contributed by atoms with Crippen molar-refractivity contribution in [2.24, 2.45) is 0 Å². The molecule has 1 N–H and O–H groups in total.